The Kier molecular flexibility index (Phi) is 11.9. The number of methoxy groups -OCH3 is 1. The molecule has 0 aromatic carbocycles. The molecule has 4 N–H and O–H groups in total. The van der Waals surface area contributed by atoms with Crippen molar-refractivity contribution in [1.82, 2.24) is 15.7 Å². The summed E-state index contributed by atoms with van der Waals surface area (Å²) in [6, 6.07) is -0.994. The van der Waals surface area contributed by atoms with Crippen molar-refractivity contribution in [2.45, 2.75) is 39.3 Å². The van der Waals surface area contributed by atoms with Crippen molar-refractivity contribution in [3.63, 3.8) is 0 Å². The average molecular weight is 524 g/mol. The van der Waals surface area contributed by atoms with Gasteiger partial charge in [0.1, 0.15) is 6.04 Å². The Labute approximate surface area is 201 Å². The molecule has 0 aromatic heterocycles. The summed E-state index contributed by atoms with van der Waals surface area (Å²) in [6.07, 6.45) is 0.430. The van der Waals surface area contributed by atoms with Crippen LogP contribution in [0.5, 0.6) is 0 Å². The van der Waals surface area contributed by atoms with E-state index in [4.69, 9.17) is 14.2 Å². The van der Waals surface area contributed by atoms with Gasteiger partial charge in [0.25, 0.3) is 0 Å². The molecular formula is C19H30N3O10PS. The van der Waals surface area contributed by atoms with E-state index in [9.17, 15) is 28.5 Å². The second-order valence-electron chi connectivity index (χ2n) is 7.85. The minimum Gasteiger partial charge on any atom is -0.478 e. The Morgan fingerprint density at radius 1 is 1.21 bits per heavy atom. The van der Waals surface area contributed by atoms with Gasteiger partial charge in [0.2, 0.25) is 16.9 Å². The van der Waals surface area contributed by atoms with Gasteiger partial charge < -0.3 is 20.5 Å². The number of thioether (sulfide) groups is 1. The highest BCUT2D eigenvalue weighted by Crippen LogP contribution is 2.53. The standard InChI is InChI=1S/C19H30N3O10PS/c1-12(18(28)30-4)22-33(29)31-11-19(2,3)16(32-33)17(27)21-8-7-13(23)20-9-10-34-15(26)6-5-14(24)25/h5-6,12,16H,7-11H2,1-4H3,(H,20,23)(H,21,27)(H,22,29)(H,24,25)/b6-5+/t12-,16-,33?/m0/s1. The number of hydrogen-bond donors (Lipinski definition) is 4. The summed E-state index contributed by atoms with van der Waals surface area (Å²) in [6.45, 7) is 4.84. The first-order valence-corrected chi connectivity index (χ1v) is 12.7. The van der Waals surface area contributed by atoms with Crippen LogP contribution < -0.4 is 15.7 Å². The largest absolute Gasteiger partial charge is 0.478 e. The van der Waals surface area contributed by atoms with Gasteiger partial charge in [-0.15, -0.1) is 0 Å². The van der Waals surface area contributed by atoms with E-state index in [1.54, 1.807) is 13.8 Å². The molecule has 1 saturated heterocycles. The maximum Gasteiger partial charge on any atom is 0.407 e. The quantitative estimate of drug-likeness (QED) is 0.118. The van der Waals surface area contributed by atoms with Crippen LogP contribution >= 0.6 is 19.5 Å². The third-order valence-electron chi connectivity index (χ3n) is 4.39. The normalized spacial score (nSPS) is 22.5. The number of rotatable bonds is 12. The second kappa shape index (κ2) is 13.6. The minimum absolute atomic E-state index is 0.0226. The van der Waals surface area contributed by atoms with Crippen molar-refractivity contribution in [3.05, 3.63) is 12.2 Å². The lowest BCUT2D eigenvalue weighted by atomic mass is 9.87. The SMILES string of the molecule is COC(=O)[C@H](C)NP1(=O)OCC(C)(C)[C@H](C(=O)NCCC(=O)NCCSC(=O)/C=C/C(=O)O)O1. The van der Waals surface area contributed by atoms with Crippen LogP contribution in [-0.4, -0.2) is 78.7 Å². The van der Waals surface area contributed by atoms with Crippen molar-refractivity contribution in [3.8, 4) is 0 Å². The van der Waals surface area contributed by atoms with Crippen molar-refractivity contribution >= 4 is 48.4 Å². The topological polar surface area (TPSA) is 186 Å². The summed E-state index contributed by atoms with van der Waals surface area (Å²) in [4.78, 5) is 57.9. The third-order valence-corrected chi connectivity index (χ3v) is 6.88. The van der Waals surface area contributed by atoms with Crippen LogP contribution in [0.3, 0.4) is 0 Å². The number of hydrogen-bond acceptors (Lipinski definition) is 10. The third kappa shape index (κ3) is 10.3. The van der Waals surface area contributed by atoms with Crippen LogP contribution in [0.15, 0.2) is 12.2 Å². The zero-order chi connectivity index (χ0) is 25.9. The van der Waals surface area contributed by atoms with Crippen molar-refractivity contribution in [2.75, 3.05) is 32.6 Å². The van der Waals surface area contributed by atoms with Crippen molar-refractivity contribution < 1.29 is 47.4 Å². The number of amides is 2. The molecule has 1 unspecified atom stereocenters. The maximum absolute atomic E-state index is 12.9. The molecule has 1 heterocycles. The highest BCUT2D eigenvalue weighted by Gasteiger charge is 2.48. The highest BCUT2D eigenvalue weighted by atomic mass is 32.2. The molecule has 0 radical (unpaired) electrons. The molecule has 1 fully saturated rings. The fourth-order valence-corrected chi connectivity index (χ4v) is 5.09. The van der Waals surface area contributed by atoms with Crippen LogP contribution in [0.2, 0.25) is 0 Å². The van der Waals surface area contributed by atoms with Crippen molar-refractivity contribution in [2.24, 2.45) is 5.41 Å². The first-order chi connectivity index (χ1) is 15.8. The lowest BCUT2D eigenvalue weighted by Gasteiger charge is -2.40. The number of nitrogens with one attached hydrogen (secondary N) is 3. The van der Waals surface area contributed by atoms with Gasteiger partial charge >= 0.3 is 19.7 Å². The average Bonchev–Trinajstić information content (AvgIpc) is 2.76. The molecule has 1 aliphatic rings. The van der Waals surface area contributed by atoms with Gasteiger partial charge in [0.05, 0.1) is 13.7 Å². The lowest BCUT2D eigenvalue weighted by molar-refractivity contribution is -0.143. The predicted octanol–water partition coefficient (Wildman–Crippen LogP) is 0.210. The van der Waals surface area contributed by atoms with Crippen LogP contribution in [-0.2, 0) is 42.3 Å². The molecule has 0 aliphatic carbocycles. The van der Waals surface area contributed by atoms with E-state index < -0.39 is 48.3 Å². The zero-order valence-corrected chi connectivity index (χ0v) is 21.0. The molecule has 3 atom stereocenters. The number of carbonyl (C=O) groups is 5. The monoisotopic (exact) mass is 523 g/mol. The number of ether oxygens (including phenoxy) is 1. The number of aliphatic carboxylic acids is 1. The van der Waals surface area contributed by atoms with Gasteiger partial charge in [-0.05, 0) is 13.0 Å². The number of carboxylic acids is 1. The van der Waals surface area contributed by atoms with Gasteiger partial charge in [-0.25, -0.2) is 14.4 Å². The van der Waals surface area contributed by atoms with E-state index in [0.717, 1.165) is 23.9 Å². The molecule has 15 heteroatoms. The van der Waals surface area contributed by atoms with Crippen molar-refractivity contribution in [1.29, 1.82) is 0 Å². The fourth-order valence-electron chi connectivity index (χ4n) is 2.59. The summed E-state index contributed by atoms with van der Waals surface area (Å²) in [5, 5.41) is 15.5. The van der Waals surface area contributed by atoms with Gasteiger partial charge in [0, 0.05) is 36.8 Å². The molecular weight excluding hydrogens is 493 g/mol. The Balaban J connectivity index is 2.46. The molecule has 34 heavy (non-hydrogen) atoms. The Hall–Kier alpha value is -2.25. The number of esters is 1. The fraction of sp³-hybridized carbons (Fsp3) is 0.632. The van der Waals surface area contributed by atoms with Crippen LogP contribution in [0.1, 0.15) is 27.2 Å². The van der Waals surface area contributed by atoms with Gasteiger partial charge in [-0.1, -0.05) is 25.6 Å². The Morgan fingerprint density at radius 3 is 2.50 bits per heavy atom. The van der Waals surface area contributed by atoms with Crippen LogP contribution in [0, 0.1) is 5.41 Å². The molecule has 13 nitrogen and oxygen atoms in total. The van der Waals surface area contributed by atoms with E-state index in [-0.39, 0.29) is 37.8 Å². The summed E-state index contributed by atoms with van der Waals surface area (Å²) in [7, 11) is -2.80. The van der Waals surface area contributed by atoms with E-state index in [2.05, 4.69) is 20.5 Å². The van der Waals surface area contributed by atoms with Gasteiger partial charge in [-0.2, -0.15) is 0 Å². The second-order valence-corrected chi connectivity index (χ2v) is 10.7. The minimum atomic E-state index is -3.97. The summed E-state index contributed by atoms with van der Waals surface area (Å²) in [5.74, 6) is -2.63. The molecule has 0 saturated carbocycles. The summed E-state index contributed by atoms with van der Waals surface area (Å²) in [5.41, 5.74) is -0.838. The number of carbonyl (C=O) groups excluding carboxylic acids is 4. The molecule has 1 rings (SSSR count). The Bertz CT molecular complexity index is 863. The van der Waals surface area contributed by atoms with E-state index in [0.29, 0.717) is 0 Å². The molecule has 2 amide bonds. The van der Waals surface area contributed by atoms with Crippen LogP contribution in [0.4, 0.5) is 0 Å². The zero-order valence-electron chi connectivity index (χ0n) is 19.3. The smallest absolute Gasteiger partial charge is 0.407 e. The molecule has 0 bridgehead atoms. The van der Waals surface area contributed by atoms with Gasteiger partial charge in [-0.3, -0.25) is 28.2 Å². The summed E-state index contributed by atoms with van der Waals surface area (Å²) >= 11 is 0.851. The lowest BCUT2D eigenvalue weighted by Crippen LogP contribution is -2.51. The van der Waals surface area contributed by atoms with E-state index >= 15 is 0 Å². The summed E-state index contributed by atoms with van der Waals surface area (Å²) < 4.78 is 28.1. The Morgan fingerprint density at radius 2 is 1.88 bits per heavy atom. The first kappa shape index (κ1) is 29.8. The van der Waals surface area contributed by atoms with Crippen LogP contribution in [0.25, 0.3) is 0 Å². The maximum atomic E-state index is 12.9. The highest BCUT2D eigenvalue weighted by molar-refractivity contribution is 8.14. The van der Waals surface area contributed by atoms with E-state index in [1.165, 1.54) is 14.0 Å². The molecule has 0 aromatic rings. The first-order valence-electron chi connectivity index (χ1n) is 10.2. The molecule has 192 valence electrons. The van der Waals surface area contributed by atoms with E-state index in [1.807, 2.05) is 0 Å². The van der Waals surface area contributed by atoms with Gasteiger partial charge in [0.15, 0.2) is 6.10 Å². The molecule has 1 aliphatic heterocycles. The molecule has 0 spiro atoms. The number of carboxylic acid groups (broad SMARTS) is 1. The predicted molar refractivity (Wildman–Crippen MR) is 122 cm³/mol.